The van der Waals surface area contributed by atoms with Gasteiger partial charge in [0.1, 0.15) is 11.1 Å². The number of carbonyl (C=O) groups is 1. The van der Waals surface area contributed by atoms with Crippen LogP contribution in [0.4, 0.5) is 4.39 Å². The summed E-state index contributed by atoms with van der Waals surface area (Å²) in [6, 6.07) is 7.05. The highest BCUT2D eigenvalue weighted by molar-refractivity contribution is 7.91. The number of nitriles is 1. The van der Waals surface area contributed by atoms with Crippen molar-refractivity contribution in [1.29, 1.82) is 5.26 Å². The van der Waals surface area contributed by atoms with Crippen LogP contribution >= 0.6 is 0 Å². The molecule has 3 atom stereocenters. The Morgan fingerprint density at radius 3 is 2.67 bits per heavy atom. The van der Waals surface area contributed by atoms with E-state index in [1.54, 1.807) is 13.0 Å². The Morgan fingerprint density at radius 1 is 1.52 bits per heavy atom. The molecular formula is C14H14FNO4S. The average Bonchev–Trinajstić information content (AvgIpc) is 3.09. The molecule has 0 N–H and O–H groups in total. The van der Waals surface area contributed by atoms with Crippen molar-refractivity contribution >= 4 is 15.8 Å². The SMILES string of the molecule is CCOC(=O)[C@]1(C#N)[C@@H](c2cccc(F)c2)[C@@H]1S(C)(=O)=O. The minimum absolute atomic E-state index is 0.0363. The third-order valence-electron chi connectivity index (χ3n) is 3.60. The van der Waals surface area contributed by atoms with Gasteiger partial charge in [-0.1, -0.05) is 12.1 Å². The van der Waals surface area contributed by atoms with E-state index in [9.17, 15) is 22.9 Å². The molecule has 5 nitrogen and oxygen atoms in total. The van der Waals surface area contributed by atoms with Gasteiger partial charge in [0.2, 0.25) is 0 Å². The molecule has 0 aromatic heterocycles. The van der Waals surface area contributed by atoms with Crippen molar-refractivity contribution < 1.29 is 22.3 Å². The van der Waals surface area contributed by atoms with Crippen LogP contribution in [0.25, 0.3) is 0 Å². The highest BCUT2D eigenvalue weighted by atomic mass is 32.2. The maximum absolute atomic E-state index is 13.3. The summed E-state index contributed by atoms with van der Waals surface area (Å²) in [5.41, 5.74) is -1.49. The summed E-state index contributed by atoms with van der Waals surface area (Å²) in [5, 5.41) is 8.17. The summed E-state index contributed by atoms with van der Waals surface area (Å²) >= 11 is 0. The molecule has 1 aromatic rings. The Balaban J connectivity index is 2.53. The normalized spacial score (nSPS) is 27.7. The van der Waals surface area contributed by atoms with Crippen LogP contribution in [0.2, 0.25) is 0 Å². The predicted octanol–water partition coefficient (Wildman–Crippen LogP) is 1.41. The lowest BCUT2D eigenvalue weighted by Gasteiger charge is -2.08. The first-order valence-electron chi connectivity index (χ1n) is 6.31. The monoisotopic (exact) mass is 311 g/mol. The van der Waals surface area contributed by atoms with Crippen molar-refractivity contribution in [2.24, 2.45) is 5.41 Å². The molecule has 21 heavy (non-hydrogen) atoms. The number of hydrogen-bond donors (Lipinski definition) is 0. The number of rotatable bonds is 4. The molecule has 1 aliphatic rings. The Morgan fingerprint density at radius 2 is 2.19 bits per heavy atom. The van der Waals surface area contributed by atoms with E-state index in [4.69, 9.17) is 4.74 Å². The fraction of sp³-hybridized carbons (Fsp3) is 0.429. The third-order valence-corrected chi connectivity index (χ3v) is 5.17. The van der Waals surface area contributed by atoms with Crippen molar-refractivity contribution in [3.63, 3.8) is 0 Å². The summed E-state index contributed by atoms with van der Waals surface area (Å²) in [4.78, 5) is 12.1. The maximum Gasteiger partial charge on any atom is 0.328 e. The van der Waals surface area contributed by atoms with E-state index in [0.717, 1.165) is 12.3 Å². The molecule has 2 rings (SSSR count). The quantitative estimate of drug-likeness (QED) is 0.785. The second-order valence-electron chi connectivity index (χ2n) is 4.98. The zero-order valence-corrected chi connectivity index (χ0v) is 12.4. The standard InChI is InChI=1S/C14H14FNO4S/c1-3-20-13(17)14(8-16)11(12(14)21(2,18)19)9-5-4-6-10(15)7-9/h4-7,11-12H,3H2,1-2H3/t11-,12-,14+/m0/s1. The second-order valence-corrected chi connectivity index (χ2v) is 7.15. The maximum atomic E-state index is 13.3. The number of halogens is 1. The van der Waals surface area contributed by atoms with Crippen molar-refractivity contribution in [1.82, 2.24) is 0 Å². The van der Waals surface area contributed by atoms with Gasteiger partial charge in [-0.2, -0.15) is 5.26 Å². The molecular weight excluding hydrogens is 297 g/mol. The van der Waals surface area contributed by atoms with Gasteiger partial charge in [-0.05, 0) is 24.6 Å². The first kappa shape index (κ1) is 15.4. The fourth-order valence-electron chi connectivity index (χ4n) is 2.75. The van der Waals surface area contributed by atoms with Crippen molar-refractivity contribution in [2.45, 2.75) is 18.1 Å². The van der Waals surface area contributed by atoms with Gasteiger partial charge in [0.25, 0.3) is 0 Å². The van der Waals surface area contributed by atoms with E-state index in [-0.39, 0.29) is 6.61 Å². The summed E-state index contributed by atoms with van der Waals surface area (Å²) in [6.45, 7) is 1.60. The molecule has 0 amide bonds. The first-order chi connectivity index (χ1) is 9.79. The fourth-order valence-corrected chi connectivity index (χ4v) is 4.51. The molecule has 0 bridgehead atoms. The smallest absolute Gasteiger partial charge is 0.328 e. The van der Waals surface area contributed by atoms with Crippen LogP contribution in [0.15, 0.2) is 24.3 Å². The van der Waals surface area contributed by atoms with Gasteiger partial charge in [-0.3, -0.25) is 4.79 Å². The molecule has 0 radical (unpaired) electrons. The molecule has 1 aliphatic carbocycles. The lowest BCUT2D eigenvalue weighted by Crippen LogP contribution is -2.24. The van der Waals surface area contributed by atoms with Crippen molar-refractivity contribution in [3.05, 3.63) is 35.6 Å². The number of sulfone groups is 1. The van der Waals surface area contributed by atoms with Crippen LogP contribution < -0.4 is 0 Å². The van der Waals surface area contributed by atoms with Crippen LogP contribution in [0.3, 0.4) is 0 Å². The molecule has 1 fully saturated rings. The third kappa shape index (κ3) is 2.40. The van der Waals surface area contributed by atoms with E-state index in [0.29, 0.717) is 5.56 Å². The molecule has 0 spiro atoms. The van der Waals surface area contributed by atoms with Gasteiger partial charge < -0.3 is 4.74 Å². The van der Waals surface area contributed by atoms with Crippen molar-refractivity contribution in [2.75, 3.05) is 12.9 Å². The molecule has 0 heterocycles. The zero-order chi connectivity index (χ0) is 15.8. The van der Waals surface area contributed by atoms with E-state index in [1.807, 2.05) is 0 Å². The van der Waals surface area contributed by atoms with Crippen LogP contribution in [0.1, 0.15) is 18.4 Å². The van der Waals surface area contributed by atoms with Gasteiger partial charge in [0.05, 0.1) is 12.7 Å². The highest BCUT2D eigenvalue weighted by Gasteiger charge is 2.76. The number of benzene rings is 1. The zero-order valence-electron chi connectivity index (χ0n) is 11.5. The molecule has 7 heteroatoms. The predicted molar refractivity (Wildman–Crippen MR) is 72.5 cm³/mol. The minimum atomic E-state index is -3.67. The van der Waals surface area contributed by atoms with Crippen LogP contribution in [0.5, 0.6) is 0 Å². The number of nitrogens with zero attached hydrogens (tertiary/aromatic N) is 1. The average molecular weight is 311 g/mol. The Hall–Kier alpha value is -1.94. The Bertz CT molecular complexity index is 725. The lowest BCUT2D eigenvalue weighted by molar-refractivity contribution is -0.147. The van der Waals surface area contributed by atoms with E-state index >= 15 is 0 Å². The number of carbonyl (C=O) groups excluding carboxylic acids is 1. The van der Waals surface area contributed by atoms with Gasteiger partial charge in [-0.25, -0.2) is 12.8 Å². The Labute approximate surface area is 122 Å². The molecule has 112 valence electrons. The van der Waals surface area contributed by atoms with E-state index in [2.05, 4.69) is 0 Å². The van der Waals surface area contributed by atoms with Gasteiger partial charge in [0, 0.05) is 12.2 Å². The summed E-state index contributed by atoms with van der Waals surface area (Å²) < 4.78 is 42.0. The molecule has 0 saturated heterocycles. The summed E-state index contributed by atoms with van der Waals surface area (Å²) in [5.74, 6) is -2.34. The molecule has 1 aromatic carbocycles. The first-order valence-corrected chi connectivity index (χ1v) is 8.27. The molecule has 1 saturated carbocycles. The topological polar surface area (TPSA) is 84.2 Å². The Kier molecular flexibility index (Phi) is 3.76. The van der Waals surface area contributed by atoms with Gasteiger partial charge >= 0.3 is 5.97 Å². The van der Waals surface area contributed by atoms with Crippen LogP contribution in [0, 0.1) is 22.6 Å². The minimum Gasteiger partial charge on any atom is -0.465 e. The largest absolute Gasteiger partial charge is 0.465 e. The van der Waals surface area contributed by atoms with E-state index in [1.165, 1.54) is 18.2 Å². The van der Waals surface area contributed by atoms with Crippen molar-refractivity contribution in [3.8, 4) is 6.07 Å². The lowest BCUT2D eigenvalue weighted by atomic mass is 10.0. The van der Waals surface area contributed by atoms with Crippen LogP contribution in [-0.4, -0.2) is 32.5 Å². The summed E-state index contributed by atoms with van der Waals surface area (Å²) in [6.07, 6.45) is 0.961. The second kappa shape index (κ2) is 5.11. The van der Waals surface area contributed by atoms with Gasteiger partial charge in [-0.15, -0.1) is 0 Å². The highest BCUT2D eigenvalue weighted by Crippen LogP contribution is 2.63. The number of hydrogen-bond acceptors (Lipinski definition) is 5. The summed E-state index contributed by atoms with van der Waals surface area (Å²) in [7, 11) is -3.67. The molecule has 0 aliphatic heterocycles. The molecule has 0 unspecified atom stereocenters. The number of ether oxygens (including phenoxy) is 1. The number of esters is 1. The van der Waals surface area contributed by atoms with Crippen LogP contribution in [-0.2, 0) is 19.4 Å². The van der Waals surface area contributed by atoms with E-state index < -0.39 is 38.2 Å². The van der Waals surface area contributed by atoms with Gasteiger partial charge in [0.15, 0.2) is 15.3 Å².